The average molecular weight is 492 g/mol. The van der Waals surface area contributed by atoms with Crippen LogP contribution < -0.4 is 10.6 Å². The van der Waals surface area contributed by atoms with E-state index in [2.05, 4.69) is 22.5 Å². The summed E-state index contributed by atoms with van der Waals surface area (Å²) in [5.74, 6) is 0.108. The van der Waals surface area contributed by atoms with Gasteiger partial charge in [-0.2, -0.15) is 0 Å². The molecular weight excluding hydrogens is 457 g/mol. The van der Waals surface area contributed by atoms with E-state index in [1.165, 1.54) is 31.4 Å². The summed E-state index contributed by atoms with van der Waals surface area (Å²) in [4.78, 5) is 15.1. The van der Waals surface area contributed by atoms with Crippen molar-refractivity contribution in [3.63, 3.8) is 0 Å². The van der Waals surface area contributed by atoms with Gasteiger partial charge in [-0.1, -0.05) is 18.6 Å². The number of aliphatic hydroxyl groups is 1. The highest BCUT2D eigenvalue weighted by molar-refractivity contribution is 5.95. The van der Waals surface area contributed by atoms with Gasteiger partial charge in [-0.3, -0.25) is 9.69 Å². The molecule has 3 aliphatic rings. The number of allylic oxidation sites excluding steroid dienone is 1. The second-order valence-corrected chi connectivity index (χ2v) is 10.4. The lowest BCUT2D eigenvalue weighted by Crippen LogP contribution is -2.42. The minimum atomic E-state index is -0.984. The topological polar surface area (TPSA) is 73.8 Å². The monoisotopic (exact) mass is 491 g/mol. The number of anilines is 1. The minimum absolute atomic E-state index is 0.0751. The zero-order valence-corrected chi connectivity index (χ0v) is 21.1. The van der Waals surface area contributed by atoms with E-state index in [1.807, 2.05) is 44.2 Å². The van der Waals surface area contributed by atoms with Crippen molar-refractivity contribution in [2.75, 3.05) is 25.0 Å². The Morgan fingerprint density at radius 3 is 2.75 bits per heavy atom. The molecule has 3 aliphatic heterocycles. The second-order valence-electron chi connectivity index (χ2n) is 10.4. The molecular formula is C29H34FN3O3. The number of likely N-dealkylation sites (tertiary alicyclic amines) is 1. The molecule has 2 aromatic carbocycles. The molecule has 0 saturated carbocycles. The van der Waals surface area contributed by atoms with E-state index in [1.54, 1.807) is 6.07 Å². The van der Waals surface area contributed by atoms with Crippen molar-refractivity contribution in [2.24, 2.45) is 0 Å². The lowest BCUT2D eigenvalue weighted by atomic mass is 9.91. The fourth-order valence-electron chi connectivity index (χ4n) is 5.44. The minimum Gasteiger partial charge on any atom is -0.483 e. The van der Waals surface area contributed by atoms with Gasteiger partial charge in [0.15, 0.2) is 6.23 Å². The normalized spacial score (nSPS) is 25.1. The summed E-state index contributed by atoms with van der Waals surface area (Å²) in [5.41, 5.74) is 3.71. The first-order valence-electron chi connectivity index (χ1n) is 12.8. The van der Waals surface area contributed by atoms with Gasteiger partial charge in [-0.05, 0) is 82.1 Å². The van der Waals surface area contributed by atoms with Gasteiger partial charge < -0.3 is 20.5 Å². The summed E-state index contributed by atoms with van der Waals surface area (Å²) in [6.45, 7) is 8.80. The first-order valence-corrected chi connectivity index (χ1v) is 12.8. The van der Waals surface area contributed by atoms with Gasteiger partial charge in [-0.15, -0.1) is 0 Å². The number of hydrogen-bond donors (Lipinski definition) is 3. The molecule has 36 heavy (non-hydrogen) atoms. The average Bonchev–Trinajstić information content (AvgIpc) is 3.34. The van der Waals surface area contributed by atoms with Crippen molar-refractivity contribution in [1.82, 2.24) is 10.2 Å². The van der Waals surface area contributed by atoms with E-state index < -0.39 is 11.8 Å². The van der Waals surface area contributed by atoms with E-state index in [-0.39, 0.29) is 11.7 Å². The number of ether oxygens (including phenoxy) is 1. The quantitative estimate of drug-likeness (QED) is 0.562. The van der Waals surface area contributed by atoms with E-state index in [0.29, 0.717) is 35.2 Å². The lowest BCUT2D eigenvalue weighted by Gasteiger charge is -2.33. The van der Waals surface area contributed by atoms with Crippen molar-refractivity contribution in [1.29, 1.82) is 0 Å². The number of nitrogens with zero attached hydrogens (tertiary/aromatic N) is 1. The largest absolute Gasteiger partial charge is 0.483 e. The Morgan fingerprint density at radius 1 is 1.22 bits per heavy atom. The Kier molecular flexibility index (Phi) is 6.62. The Balaban J connectivity index is 1.31. The predicted molar refractivity (Wildman–Crippen MR) is 140 cm³/mol. The standard InChI is InChI=1S/C29H34FN3O3/c1-18-6-4-5-14-33(18)15-13-31-27(34)20-9-7-19(8-10-20)23-17-25(36-29(23,2)3)26-22-12-11-21(30)16-24(22)32-28(26)35/h7-12,16-18,28,32,35H,4-6,13-15H2,1-3H3,(H,31,34)/b26-25+. The molecule has 190 valence electrons. The molecule has 1 fully saturated rings. The Labute approximate surface area is 211 Å². The fourth-order valence-corrected chi connectivity index (χ4v) is 5.44. The number of fused-ring (bicyclic) bond motifs is 1. The van der Waals surface area contributed by atoms with Crippen LogP contribution in [0.15, 0.2) is 54.3 Å². The van der Waals surface area contributed by atoms with Crippen LogP contribution in [0.25, 0.3) is 11.1 Å². The molecule has 0 spiro atoms. The number of carbonyl (C=O) groups excluding carboxylic acids is 1. The van der Waals surface area contributed by atoms with Gasteiger partial charge in [0.1, 0.15) is 17.2 Å². The van der Waals surface area contributed by atoms with Crippen LogP contribution in [0.5, 0.6) is 0 Å². The zero-order valence-electron chi connectivity index (χ0n) is 21.1. The number of halogens is 1. The summed E-state index contributed by atoms with van der Waals surface area (Å²) in [6, 6.07) is 12.5. The summed E-state index contributed by atoms with van der Waals surface area (Å²) in [5, 5.41) is 16.6. The highest BCUT2D eigenvalue weighted by atomic mass is 19.1. The van der Waals surface area contributed by atoms with Gasteiger partial charge >= 0.3 is 0 Å². The lowest BCUT2D eigenvalue weighted by molar-refractivity contribution is 0.0938. The van der Waals surface area contributed by atoms with Crippen molar-refractivity contribution < 1.29 is 19.0 Å². The maximum Gasteiger partial charge on any atom is 0.251 e. The highest BCUT2D eigenvalue weighted by Crippen LogP contribution is 2.45. The number of hydrogen-bond acceptors (Lipinski definition) is 5. The van der Waals surface area contributed by atoms with Crippen molar-refractivity contribution in [3.8, 4) is 0 Å². The molecule has 3 heterocycles. The molecule has 0 aromatic heterocycles. The smallest absolute Gasteiger partial charge is 0.251 e. The van der Waals surface area contributed by atoms with Crippen LogP contribution in [0.1, 0.15) is 61.5 Å². The molecule has 0 bridgehead atoms. The summed E-state index contributed by atoms with van der Waals surface area (Å²) in [6.07, 6.45) is 4.69. The number of carbonyl (C=O) groups is 1. The van der Waals surface area contributed by atoms with E-state index >= 15 is 0 Å². The Bertz CT molecular complexity index is 1220. The number of benzene rings is 2. The van der Waals surface area contributed by atoms with E-state index in [0.717, 1.165) is 29.8 Å². The van der Waals surface area contributed by atoms with Crippen molar-refractivity contribution >= 4 is 22.7 Å². The van der Waals surface area contributed by atoms with Crippen LogP contribution in [-0.2, 0) is 4.74 Å². The van der Waals surface area contributed by atoms with E-state index in [4.69, 9.17) is 4.74 Å². The van der Waals surface area contributed by atoms with Gasteiger partial charge in [0.25, 0.3) is 5.91 Å². The van der Waals surface area contributed by atoms with Gasteiger partial charge in [0.05, 0.1) is 5.57 Å². The molecule has 7 heteroatoms. The molecule has 5 rings (SSSR count). The Hall–Kier alpha value is -3.16. The first-order chi connectivity index (χ1) is 17.2. The van der Waals surface area contributed by atoms with Crippen LogP contribution >= 0.6 is 0 Å². The maximum absolute atomic E-state index is 13.6. The molecule has 1 amide bonds. The number of rotatable bonds is 5. The number of piperidine rings is 1. The van der Waals surface area contributed by atoms with Gasteiger partial charge in [-0.25, -0.2) is 4.39 Å². The molecule has 2 aromatic rings. The molecule has 2 atom stereocenters. The SMILES string of the molecule is CC1CCCCN1CCNC(=O)c1ccc(C2=C/C(=C3/c4ccc(F)cc4NC3O)OC2(C)C)cc1. The third kappa shape index (κ3) is 4.77. The Morgan fingerprint density at radius 2 is 2.00 bits per heavy atom. The first kappa shape index (κ1) is 24.5. The highest BCUT2D eigenvalue weighted by Gasteiger charge is 2.38. The zero-order chi connectivity index (χ0) is 25.4. The maximum atomic E-state index is 13.6. The number of nitrogens with one attached hydrogen (secondary N) is 2. The molecule has 6 nitrogen and oxygen atoms in total. The fraction of sp³-hybridized carbons (Fsp3) is 0.414. The molecule has 3 N–H and O–H groups in total. The van der Waals surface area contributed by atoms with Crippen LogP contribution in [0.4, 0.5) is 10.1 Å². The van der Waals surface area contributed by atoms with Crippen LogP contribution in [0.3, 0.4) is 0 Å². The van der Waals surface area contributed by atoms with Gasteiger partial charge in [0.2, 0.25) is 0 Å². The predicted octanol–water partition coefficient (Wildman–Crippen LogP) is 4.78. The van der Waals surface area contributed by atoms with Gasteiger partial charge in [0, 0.05) is 41.5 Å². The second kappa shape index (κ2) is 9.71. The molecule has 0 aliphatic carbocycles. The molecule has 2 unspecified atom stereocenters. The number of amides is 1. The van der Waals surface area contributed by atoms with Crippen molar-refractivity contribution in [3.05, 3.63) is 76.8 Å². The molecule has 0 radical (unpaired) electrons. The molecule has 1 saturated heterocycles. The summed E-state index contributed by atoms with van der Waals surface area (Å²) in [7, 11) is 0. The third-order valence-corrected chi connectivity index (χ3v) is 7.48. The third-order valence-electron chi connectivity index (χ3n) is 7.48. The van der Waals surface area contributed by atoms with Crippen LogP contribution in [0, 0.1) is 5.82 Å². The van der Waals surface area contributed by atoms with Crippen molar-refractivity contribution in [2.45, 2.75) is 57.9 Å². The van der Waals surface area contributed by atoms with Crippen LogP contribution in [-0.4, -0.2) is 53.4 Å². The number of aliphatic hydroxyl groups excluding tert-OH is 1. The summed E-state index contributed by atoms with van der Waals surface area (Å²) < 4.78 is 19.9. The van der Waals surface area contributed by atoms with E-state index in [9.17, 15) is 14.3 Å². The van der Waals surface area contributed by atoms with Crippen LogP contribution in [0.2, 0.25) is 0 Å². The summed E-state index contributed by atoms with van der Waals surface area (Å²) >= 11 is 0.